The van der Waals surface area contributed by atoms with Crippen LogP contribution >= 0.6 is 0 Å². The Balaban J connectivity index is 1.46. The molecule has 2 aromatic heterocycles. The minimum Gasteiger partial charge on any atom is -0.406 e. The number of benzene rings is 1. The summed E-state index contributed by atoms with van der Waals surface area (Å²) in [5.74, 6) is -1.72. The van der Waals surface area contributed by atoms with E-state index < -0.39 is 59.0 Å². The number of nitrogens with one attached hydrogen (secondary N) is 1. The molecule has 0 radical (unpaired) electrons. The largest absolute Gasteiger partial charge is 0.573 e. The van der Waals surface area contributed by atoms with E-state index in [0.717, 1.165) is 12.4 Å². The summed E-state index contributed by atoms with van der Waals surface area (Å²) in [5.41, 5.74) is 0.426. The van der Waals surface area contributed by atoms with Crippen LogP contribution in [0.3, 0.4) is 0 Å². The molecule has 4 unspecified atom stereocenters. The number of aliphatic hydroxyl groups excluding tert-OH is 2. The second kappa shape index (κ2) is 11.2. The molecule has 0 amide bonds. The fourth-order valence-electron chi connectivity index (χ4n) is 4.14. The molecule has 1 aliphatic rings. The number of ketones is 1. The van der Waals surface area contributed by atoms with Crippen molar-refractivity contribution in [1.82, 2.24) is 19.7 Å². The topological polar surface area (TPSA) is 192 Å². The van der Waals surface area contributed by atoms with Crippen LogP contribution in [0.1, 0.15) is 28.0 Å². The molecule has 1 aliphatic carbocycles. The lowest BCUT2D eigenvalue weighted by Gasteiger charge is -2.19. The van der Waals surface area contributed by atoms with Gasteiger partial charge in [-0.25, -0.2) is 15.1 Å². The maximum Gasteiger partial charge on any atom is 0.573 e. The first-order valence-electron chi connectivity index (χ1n) is 11.3. The summed E-state index contributed by atoms with van der Waals surface area (Å²) in [5, 5.41) is 32.6. The second-order valence-electron chi connectivity index (χ2n) is 8.71. The summed E-state index contributed by atoms with van der Waals surface area (Å²) in [6.45, 7) is -0.402. The molecule has 39 heavy (non-hydrogen) atoms. The first-order valence-corrected chi connectivity index (χ1v) is 12.8. The minimum absolute atomic E-state index is 0.00532. The number of anilines is 1. The van der Waals surface area contributed by atoms with Gasteiger partial charge in [0.15, 0.2) is 0 Å². The Bertz CT molecular complexity index is 1440. The molecule has 13 nitrogen and oxygen atoms in total. The Morgan fingerprint density at radius 1 is 1.23 bits per heavy atom. The van der Waals surface area contributed by atoms with Crippen LogP contribution in [0.15, 0.2) is 49.1 Å². The van der Waals surface area contributed by atoms with Crippen LogP contribution in [0.5, 0.6) is 5.75 Å². The third-order valence-electron chi connectivity index (χ3n) is 5.88. The van der Waals surface area contributed by atoms with Crippen LogP contribution < -0.4 is 15.2 Å². The number of alkyl halides is 3. The average Bonchev–Trinajstić information content (AvgIpc) is 3.41. The Kier molecular flexibility index (Phi) is 8.17. The van der Waals surface area contributed by atoms with Gasteiger partial charge in [0.05, 0.1) is 30.9 Å². The number of aliphatic hydroxyl groups is 2. The molecule has 4 atom stereocenters. The maximum atomic E-state index is 13.2. The van der Waals surface area contributed by atoms with Crippen LogP contribution in [0.25, 0.3) is 0 Å². The summed E-state index contributed by atoms with van der Waals surface area (Å²) >= 11 is 0. The standard InChI is InChI=1S/C22H23F3N6O7S/c23-22(24,25)38-14-3-1-2-12(6-14)9-31-5-4-16(30-31)19(33)15-8-27-11-28-21(15)29-17-7-13(18(32)20(17)34)10-37-39(26,35)36/h1-6,8,11,13,17-18,20,32,34H,7,9-10H2,(H2,26,35,36)(H,27,28,29). The van der Waals surface area contributed by atoms with Crippen molar-refractivity contribution in [2.24, 2.45) is 11.1 Å². The number of hydrogen-bond acceptors (Lipinski definition) is 11. The van der Waals surface area contributed by atoms with Crippen LogP contribution in [-0.4, -0.2) is 75.4 Å². The first-order chi connectivity index (χ1) is 18.3. The average molecular weight is 573 g/mol. The molecule has 210 valence electrons. The summed E-state index contributed by atoms with van der Waals surface area (Å²) in [4.78, 5) is 21.1. The van der Waals surface area contributed by atoms with Gasteiger partial charge < -0.3 is 20.3 Å². The van der Waals surface area contributed by atoms with Crippen molar-refractivity contribution in [2.75, 3.05) is 11.9 Å². The lowest BCUT2D eigenvalue weighted by Crippen LogP contribution is -2.36. The first kappa shape index (κ1) is 28.4. The summed E-state index contributed by atoms with van der Waals surface area (Å²) in [6, 6.07) is 5.91. The van der Waals surface area contributed by atoms with Crippen LogP contribution in [0, 0.1) is 5.92 Å². The zero-order valence-electron chi connectivity index (χ0n) is 19.9. The Morgan fingerprint density at radius 3 is 2.72 bits per heavy atom. The highest BCUT2D eigenvalue weighted by atomic mass is 32.2. The number of ether oxygens (including phenoxy) is 1. The lowest BCUT2D eigenvalue weighted by molar-refractivity contribution is -0.274. The number of rotatable bonds is 10. The van der Waals surface area contributed by atoms with Crippen molar-refractivity contribution in [3.63, 3.8) is 0 Å². The minimum atomic E-state index is -4.83. The van der Waals surface area contributed by atoms with Gasteiger partial charge >= 0.3 is 16.7 Å². The molecule has 5 N–H and O–H groups in total. The Labute approximate surface area is 219 Å². The van der Waals surface area contributed by atoms with Gasteiger partial charge in [-0.1, -0.05) is 12.1 Å². The number of nitrogens with two attached hydrogens (primary N) is 1. The zero-order valence-corrected chi connectivity index (χ0v) is 20.7. The number of halogens is 3. The number of carbonyl (C=O) groups excluding carboxylic acids is 1. The van der Waals surface area contributed by atoms with E-state index >= 15 is 0 Å². The van der Waals surface area contributed by atoms with Gasteiger partial charge in [-0.15, -0.1) is 13.2 Å². The quantitative estimate of drug-likeness (QED) is 0.249. The van der Waals surface area contributed by atoms with E-state index in [2.05, 4.69) is 29.3 Å². The molecule has 2 heterocycles. The van der Waals surface area contributed by atoms with E-state index in [9.17, 15) is 36.6 Å². The fraction of sp³-hybridized carbons (Fsp3) is 0.364. The van der Waals surface area contributed by atoms with Gasteiger partial charge in [-0.05, 0) is 30.2 Å². The smallest absolute Gasteiger partial charge is 0.406 e. The predicted molar refractivity (Wildman–Crippen MR) is 127 cm³/mol. The third-order valence-corrected chi connectivity index (χ3v) is 6.34. The van der Waals surface area contributed by atoms with Crippen molar-refractivity contribution >= 4 is 21.9 Å². The third kappa shape index (κ3) is 7.48. The van der Waals surface area contributed by atoms with Gasteiger partial charge in [0.2, 0.25) is 5.78 Å². The van der Waals surface area contributed by atoms with E-state index in [-0.39, 0.29) is 30.0 Å². The maximum absolute atomic E-state index is 13.2. The number of carbonyl (C=O) groups is 1. The van der Waals surface area contributed by atoms with E-state index in [4.69, 9.17) is 5.14 Å². The van der Waals surface area contributed by atoms with Crippen molar-refractivity contribution in [2.45, 2.75) is 37.6 Å². The molecule has 0 spiro atoms. The van der Waals surface area contributed by atoms with E-state index in [1.807, 2.05) is 0 Å². The highest BCUT2D eigenvalue weighted by Crippen LogP contribution is 2.30. The van der Waals surface area contributed by atoms with Crippen molar-refractivity contribution in [3.05, 3.63) is 65.9 Å². The van der Waals surface area contributed by atoms with E-state index in [1.165, 1.54) is 35.3 Å². The lowest BCUT2D eigenvalue weighted by atomic mass is 10.1. The number of aromatic nitrogens is 4. The summed E-state index contributed by atoms with van der Waals surface area (Å²) in [6.07, 6.45) is -3.58. The van der Waals surface area contributed by atoms with Crippen LogP contribution in [-0.2, 0) is 21.0 Å². The molecule has 0 aliphatic heterocycles. The Hall–Kier alpha value is -3.64. The van der Waals surface area contributed by atoms with Crippen molar-refractivity contribution in [3.8, 4) is 5.75 Å². The van der Waals surface area contributed by atoms with Gasteiger partial charge in [0.25, 0.3) is 0 Å². The molecule has 1 aromatic carbocycles. The molecule has 17 heteroatoms. The molecule has 0 saturated heterocycles. The molecule has 0 bridgehead atoms. The fourth-order valence-corrected chi connectivity index (χ4v) is 4.50. The van der Waals surface area contributed by atoms with Crippen LogP contribution in [0.4, 0.5) is 19.0 Å². The summed E-state index contributed by atoms with van der Waals surface area (Å²) in [7, 11) is -4.24. The molecule has 1 fully saturated rings. The molecular weight excluding hydrogens is 549 g/mol. The zero-order chi connectivity index (χ0) is 28.4. The van der Waals surface area contributed by atoms with E-state index in [1.54, 1.807) is 6.07 Å². The van der Waals surface area contributed by atoms with Gasteiger partial charge in [-0.2, -0.15) is 13.5 Å². The molecule has 1 saturated carbocycles. The molecule has 4 rings (SSSR count). The van der Waals surface area contributed by atoms with E-state index in [0.29, 0.717) is 5.56 Å². The van der Waals surface area contributed by atoms with Crippen molar-refractivity contribution < 1.29 is 45.5 Å². The van der Waals surface area contributed by atoms with Crippen molar-refractivity contribution in [1.29, 1.82) is 0 Å². The monoisotopic (exact) mass is 572 g/mol. The highest BCUT2D eigenvalue weighted by Gasteiger charge is 2.42. The summed E-state index contributed by atoms with van der Waals surface area (Å²) < 4.78 is 69.4. The number of nitrogens with zero attached hydrogens (tertiary/aromatic N) is 4. The van der Waals surface area contributed by atoms with Gasteiger partial charge in [0.1, 0.15) is 29.7 Å². The van der Waals surface area contributed by atoms with Gasteiger partial charge in [-0.3, -0.25) is 13.7 Å². The van der Waals surface area contributed by atoms with Crippen LogP contribution in [0.2, 0.25) is 0 Å². The normalized spacial score (nSPS) is 21.6. The second-order valence-corrected chi connectivity index (χ2v) is 9.93. The molecule has 3 aromatic rings. The molecular formula is C22H23F3N6O7S. The predicted octanol–water partition coefficient (Wildman–Crippen LogP) is 0.593. The SMILES string of the molecule is NS(=O)(=O)OCC1CC(Nc2ncncc2C(=O)c2ccn(Cc3cccc(OC(F)(F)F)c3)n2)C(O)C1O. The van der Waals surface area contributed by atoms with Gasteiger partial charge in [0, 0.05) is 18.3 Å². The Morgan fingerprint density at radius 2 is 2.00 bits per heavy atom. The highest BCUT2D eigenvalue weighted by molar-refractivity contribution is 7.84. The number of hydrogen-bond donors (Lipinski definition) is 4.